The topological polar surface area (TPSA) is 38.7 Å². The summed E-state index contributed by atoms with van der Waals surface area (Å²) < 4.78 is 5.98. The average Bonchev–Trinajstić information content (AvgIpc) is 2.41. The van der Waals surface area contributed by atoms with Crippen LogP contribution < -0.4 is 0 Å². The van der Waals surface area contributed by atoms with Crippen LogP contribution in [-0.4, -0.2) is 28.1 Å². The number of carbonyl (C=O) groups excluding carboxylic acids is 1. The van der Waals surface area contributed by atoms with Crippen molar-refractivity contribution in [1.82, 2.24) is 0 Å². The Labute approximate surface area is 113 Å². The van der Waals surface area contributed by atoms with E-state index in [-0.39, 0.29) is 0 Å². The maximum atomic E-state index is 10.00. The molecule has 0 rings (SSSR count). The molecule has 0 aliphatic rings. The predicted octanol–water partition coefficient (Wildman–Crippen LogP) is 4.29. The molecular formula is C14H29NO2Si. The Hall–Kier alpha value is -0.443. The molecule has 18 heavy (non-hydrogen) atoms. The number of hydrogen-bond donors (Lipinski definition) is 0. The minimum atomic E-state index is -1.51. The summed E-state index contributed by atoms with van der Waals surface area (Å²) in [5.41, 5.74) is 0. The lowest BCUT2D eigenvalue weighted by molar-refractivity contribution is 0.382. The Kier molecular flexibility index (Phi) is 11.3. The van der Waals surface area contributed by atoms with Gasteiger partial charge in [-0.2, -0.15) is 0 Å². The number of hydrogen-bond acceptors (Lipinski definition) is 3. The van der Waals surface area contributed by atoms with Crippen molar-refractivity contribution in [3.63, 3.8) is 0 Å². The first-order chi connectivity index (χ1) is 8.74. The second kappa shape index (κ2) is 11.6. The van der Waals surface area contributed by atoms with E-state index in [1.54, 1.807) is 6.08 Å². The third-order valence-corrected chi connectivity index (χ3v) is 8.28. The van der Waals surface area contributed by atoms with Gasteiger partial charge in [0.1, 0.15) is 0 Å². The quantitative estimate of drug-likeness (QED) is 0.230. The highest BCUT2D eigenvalue weighted by Crippen LogP contribution is 2.28. The third-order valence-electron chi connectivity index (χ3n) is 3.62. The lowest BCUT2D eigenvalue weighted by Crippen LogP contribution is -2.36. The summed E-state index contributed by atoms with van der Waals surface area (Å²) in [6.07, 6.45) is 8.81. The van der Waals surface area contributed by atoms with Crippen LogP contribution in [0, 0.1) is 0 Å². The monoisotopic (exact) mass is 271 g/mol. The van der Waals surface area contributed by atoms with Crippen molar-refractivity contribution in [3.8, 4) is 0 Å². The molecule has 0 unspecified atom stereocenters. The summed E-state index contributed by atoms with van der Waals surface area (Å²) in [4.78, 5) is 13.6. The molecule has 4 heteroatoms. The summed E-state index contributed by atoms with van der Waals surface area (Å²) in [7, 11) is 0.392. The van der Waals surface area contributed by atoms with E-state index < -0.39 is 8.32 Å². The summed E-state index contributed by atoms with van der Waals surface area (Å²) in [6.45, 7) is 5.11. The number of isocyanates is 1. The predicted molar refractivity (Wildman–Crippen MR) is 79.2 cm³/mol. The molecule has 0 radical (unpaired) electrons. The first-order valence-corrected chi connectivity index (χ1v) is 9.86. The van der Waals surface area contributed by atoms with Crippen LogP contribution in [0.3, 0.4) is 0 Å². The third kappa shape index (κ3) is 7.80. The zero-order valence-corrected chi connectivity index (χ0v) is 13.3. The molecule has 0 N–H and O–H groups in total. The molecule has 0 spiro atoms. The lowest BCUT2D eigenvalue weighted by atomic mass is 10.3. The summed E-state index contributed by atoms with van der Waals surface area (Å²) in [5, 5.41) is 0. The molecule has 0 fully saturated rings. The SMILES string of the molecule is CCCC[Si](CCCC)(CCCCN=C=O)OC. The van der Waals surface area contributed by atoms with Gasteiger partial charge in [0.05, 0.1) is 6.54 Å². The van der Waals surface area contributed by atoms with Crippen LogP contribution in [0.5, 0.6) is 0 Å². The molecule has 0 heterocycles. The summed E-state index contributed by atoms with van der Waals surface area (Å²) in [6, 6.07) is 3.80. The van der Waals surface area contributed by atoms with Crippen molar-refractivity contribution >= 4 is 14.4 Å². The van der Waals surface area contributed by atoms with Crippen molar-refractivity contribution in [1.29, 1.82) is 0 Å². The Balaban J connectivity index is 4.18. The van der Waals surface area contributed by atoms with E-state index >= 15 is 0 Å². The van der Waals surface area contributed by atoms with Crippen molar-refractivity contribution in [2.75, 3.05) is 13.7 Å². The Morgan fingerprint density at radius 2 is 1.56 bits per heavy atom. The minimum Gasteiger partial charge on any atom is -0.420 e. The zero-order chi connectivity index (χ0) is 13.7. The Bertz CT molecular complexity index is 232. The van der Waals surface area contributed by atoms with Gasteiger partial charge in [0.15, 0.2) is 8.32 Å². The molecule has 0 aliphatic heterocycles. The fourth-order valence-electron chi connectivity index (χ4n) is 2.36. The lowest BCUT2D eigenvalue weighted by Gasteiger charge is -2.30. The molecule has 0 aromatic heterocycles. The molecular weight excluding hydrogens is 242 g/mol. The van der Waals surface area contributed by atoms with Crippen LogP contribution in [0.15, 0.2) is 4.99 Å². The van der Waals surface area contributed by atoms with Gasteiger partial charge in [-0.15, -0.1) is 0 Å². The van der Waals surface area contributed by atoms with Crippen molar-refractivity contribution < 1.29 is 9.22 Å². The maximum absolute atomic E-state index is 10.00. The van der Waals surface area contributed by atoms with Crippen LogP contribution in [-0.2, 0) is 9.22 Å². The second-order valence-corrected chi connectivity index (χ2v) is 9.30. The molecule has 0 aliphatic carbocycles. The number of unbranched alkanes of at least 4 members (excludes halogenated alkanes) is 3. The first-order valence-electron chi connectivity index (χ1n) is 7.33. The van der Waals surface area contributed by atoms with Gasteiger partial charge in [-0.25, -0.2) is 9.79 Å². The van der Waals surface area contributed by atoms with E-state index in [1.165, 1.54) is 43.8 Å². The van der Waals surface area contributed by atoms with Crippen LogP contribution in [0.1, 0.15) is 52.4 Å². The van der Waals surface area contributed by atoms with Gasteiger partial charge in [-0.05, 0) is 24.6 Å². The van der Waals surface area contributed by atoms with Gasteiger partial charge in [0.2, 0.25) is 6.08 Å². The van der Waals surface area contributed by atoms with Gasteiger partial charge in [0.25, 0.3) is 0 Å². The van der Waals surface area contributed by atoms with Crippen molar-refractivity contribution in [2.24, 2.45) is 4.99 Å². The van der Waals surface area contributed by atoms with Crippen LogP contribution in [0.4, 0.5) is 0 Å². The Morgan fingerprint density at radius 1 is 1.00 bits per heavy atom. The molecule has 0 aromatic rings. The number of aliphatic imine (C=N–C) groups is 1. The minimum absolute atomic E-state index is 0.624. The molecule has 106 valence electrons. The second-order valence-electron chi connectivity index (χ2n) is 5.02. The first kappa shape index (κ1) is 17.6. The van der Waals surface area contributed by atoms with E-state index in [2.05, 4.69) is 18.8 Å². The molecule has 0 atom stereocenters. The fourth-order valence-corrected chi connectivity index (χ4v) is 6.62. The van der Waals surface area contributed by atoms with Gasteiger partial charge in [-0.3, -0.25) is 0 Å². The smallest absolute Gasteiger partial charge is 0.234 e. The molecule has 0 amide bonds. The largest absolute Gasteiger partial charge is 0.420 e. The molecule has 3 nitrogen and oxygen atoms in total. The highest BCUT2D eigenvalue weighted by Gasteiger charge is 2.31. The average molecular weight is 271 g/mol. The zero-order valence-electron chi connectivity index (χ0n) is 12.3. The van der Waals surface area contributed by atoms with E-state index in [1.807, 2.05) is 7.11 Å². The van der Waals surface area contributed by atoms with Crippen LogP contribution >= 0.6 is 0 Å². The van der Waals surface area contributed by atoms with E-state index in [0.717, 1.165) is 12.8 Å². The van der Waals surface area contributed by atoms with Gasteiger partial charge >= 0.3 is 0 Å². The van der Waals surface area contributed by atoms with Crippen molar-refractivity contribution in [3.05, 3.63) is 0 Å². The highest BCUT2D eigenvalue weighted by atomic mass is 28.4. The van der Waals surface area contributed by atoms with Gasteiger partial charge < -0.3 is 4.43 Å². The summed E-state index contributed by atoms with van der Waals surface area (Å²) >= 11 is 0. The maximum Gasteiger partial charge on any atom is 0.234 e. The van der Waals surface area contributed by atoms with E-state index in [9.17, 15) is 4.79 Å². The molecule has 0 bridgehead atoms. The number of rotatable bonds is 12. The summed E-state index contributed by atoms with van der Waals surface area (Å²) in [5.74, 6) is 0. The molecule has 0 aromatic carbocycles. The van der Waals surface area contributed by atoms with Crippen LogP contribution in [0.2, 0.25) is 18.1 Å². The van der Waals surface area contributed by atoms with Gasteiger partial charge in [-0.1, -0.05) is 46.0 Å². The fraction of sp³-hybridized carbons (Fsp3) is 0.929. The number of nitrogens with zero attached hydrogens (tertiary/aromatic N) is 1. The van der Waals surface area contributed by atoms with E-state index in [4.69, 9.17) is 4.43 Å². The standard InChI is InChI=1S/C14H29NO2Si/c1-4-6-11-18(17-3,12-7-5-2)13-9-8-10-15-14-16/h4-13H2,1-3H3. The highest BCUT2D eigenvalue weighted by molar-refractivity contribution is 6.73. The normalized spacial score (nSPS) is 11.3. The van der Waals surface area contributed by atoms with Crippen LogP contribution in [0.25, 0.3) is 0 Å². The Morgan fingerprint density at radius 3 is 2.00 bits per heavy atom. The molecule has 0 saturated carbocycles. The van der Waals surface area contributed by atoms with Gasteiger partial charge in [0, 0.05) is 7.11 Å². The van der Waals surface area contributed by atoms with E-state index in [0.29, 0.717) is 6.54 Å². The molecule has 0 saturated heterocycles. The van der Waals surface area contributed by atoms with Crippen molar-refractivity contribution in [2.45, 2.75) is 70.5 Å².